The van der Waals surface area contributed by atoms with Gasteiger partial charge >= 0.3 is 0 Å². The van der Waals surface area contributed by atoms with Gasteiger partial charge in [0.05, 0.1) is 18.5 Å². The van der Waals surface area contributed by atoms with Crippen LogP contribution in [-0.4, -0.2) is 75.1 Å². The molecule has 186 valence electrons. The molecule has 1 amide bonds. The number of rotatable bonds is 8. The second-order valence-corrected chi connectivity index (χ2v) is 9.67. The van der Waals surface area contributed by atoms with E-state index in [4.69, 9.17) is 4.74 Å². The summed E-state index contributed by atoms with van der Waals surface area (Å²) in [5.41, 5.74) is 2.11. The Morgan fingerprint density at radius 3 is 2.71 bits per heavy atom. The molecule has 1 aliphatic heterocycles. The number of piperidine rings is 1. The number of ether oxygens (including phenoxy) is 1. The summed E-state index contributed by atoms with van der Waals surface area (Å²) in [6, 6.07) is 7.84. The van der Waals surface area contributed by atoms with E-state index in [1.165, 1.54) is 0 Å². The standard InChI is InChI=1S/C25H34N8O2/c1-3-35-21-8-6-20(7-9-21)33-23-22(30-31-33)16-27-25(29-23)28-19-5-4-18(14-19)24(34)26-15-17-10-12-32(2)13-11-17/h6-9,16-19H,3-5,10-15H2,1-2H3,(H,26,34)(H,27,28,29). The van der Waals surface area contributed by atoms with Gasteiger partial charge in [0, 0.05) is 18.5 Å². The first-order valence-corrected chi connectivity index (χ1v) is 12.6. The molecule has 1 aromatic carbocycles. The average molecular weight is 479 g/mol. The van der Waals surface area contributed by atoms with Gasteiger partial charge in [-0.2, -0.15) is 9.67 Å². The van der Waals surface area contributed by atoms with Crippen molar-refractivity contribution in [1.29, 1.82) is 0 Å². The van der Waals surface area contributed by atoms with Gasteiger partial charge in [0.2, 0.25) is 11.9 Å². The van der Waals surface area contributed by atoms with E-state index in [2.05, 4.69) is 42.9 Å². The Morgan fingerprint density at radius 1 is 1.14 bits per heavy atom. The molecule has 35 heavy (non-hydrogen) atoms. The highest BCUT2D eigenvalue weighted by Gasteiger charge is 2.31. The van der Waals surface area contributed by atoms with Gasteiger partial charge in [0.25, 0.3) is 0 Å². The van der Waals surface area contributed by atoms with Gasteiger partial charge in [-0.1, -0.05) is 5.21 Å². The third-order valence-electron chi connectivity index (χ3n) is 7.12. The first-order valence-electron chi connectivity index (χ1n) is 12.6. The highest BCUT2D eigenvalue weighted by Crippen LogP contribution is 2.28. The van der Waals surface area contributed by atoms with E-state index < -0.39 is 0 Å². The Bertz CT molecular complexity index is 1140. The van der Waals surface area contributed by atoms with Crippen molar-refractivity contribution in [3.05, 3.63) is 30.5 Å². The third kappa shape index (κ3) is 5.53. The molecule has 10 heteroatoms. The molecule has 5 rings (SSSR count). The van der Waals surface area contributed by atoms with E-state index in [-0.39, 0.29) is 17.9 Å². The van der Waals surface area contributed by atoms with Gasteiger partial charge in [-0.05, 0) is 89.3 Å². The summed E-state index contributed by atoms with van der Waals surface area (Å²) in [6.07, 6.45) is 6.59. The molecule has 1 saturated heterocycles. The minimum absolute atomic E-state index is 0.0403. The lowest BCUT2D eigenvalue weighted by Gasteiger charge is -2.29. The molecule has 0 spiro atoms. The molecule has 2 fully saturated rings. The fourth-order valence-corrected chi connectivity index (χ4v) is 5.01. The van der Waals surface area contributed by atoms with Gasteiger partial charge in [0.15, 0.2) is 11.2 Å². The zero-order valence-corrected chi connectivity index (χ0v) is 20.5. The number of nitrogens with one attached hydrogen (secondary N) is 2. The minimum atomic E-state index is 0.0403. The molecule has 0 bridgehead atoms. The monoisotopic (exact) mass is 478 g/mol. The first kappa shape index (κ1) is 23.5. The van der Waals surface area contributed by atoms with E-state index >= 15 is 0 Å². The van der Waals surface area contributed by atoms with Gasteiger partial charge in [-0.3, -0.25) is 4.79 Å². The Kier molecular flexibility index (Phi) is 7.08. The normalized spacial score (nSPS) is 21.3. The van der Waals surface area contributed by atoms with E-state index in [9.17, 15) is 4.79 Å². The first-order chi connectivity index (χ1) is 17.1. The van der Waals surface area contributed by atoms with Crippen molar-refractivity contribution in [3.63, 3.8) is 0 Å². The molecule has 2 N–H and O–H groups in total. The molecular formula is C25H34N8O2. The number of carbonyl (C=O) groups is 1. The molecule has 2 unspecified atom stereocenters. The molecule has 10 nitrogen and oxygen atoms in total. The van der Waals surface area contributed by atoms with Crippen LogP contribution in [0.4, 0.5) is 5.95 Å². The van der Waals surface area contributed by atoms with Gasteiger partial charge in [-0.15, -0.1) is 5.10 Å². The molecule has 2 aliphatic rings. The number of carbonyl (C=O) groups excluding carboxylic acids is 1. The number of nitrogens with zero attached hydrogens (tertiary/aromatic N) is 6. The van der Waals surface area contributed by atoms with Gasteiger partial charge in [0.1, 0.15) is 5.75 Å². The van der Waals surface area contributed by atoms with Crippen molar-refractivity contribution in [1.82, 2.24) is 35.2 Å². The molecule has 3 heterocycles. The van der Waals surface area contributed by atoms with Crippen molar-refractivity contribution < 1.29 is 9.53 Å². The van der Waals surface area contributed by atoms with Crippen LogP contribution in [-0.2, 0) is 4.79 Å². The summed E-state index contributed by atoms with van der Waals surface area (Å²) in [7, 11) is 2.16. The Labute approximate surface area is 205 Å². The Balaban J connectivity index is 1.18. The van der Waals surface area contributed by atoms with Crippen LogP contribution in [0.5, 0.6) is 5.75 Å². The molecule has 2 aromatic heterocycles. The maximum atomic E-state index is 12.7. The summed E-state index contributed by atoms with van der Waals surface area (Å²) >= 11 is 0. The van der Waals surface area contributed by atoms with Crippen LogP contribution in [0.3, 0.4) is 0 Å². The largest absolute Gasteiger partial charge is 0.494 e. The number of fused-ring (bicyclic) bond motifs is 1. The zero-order valence-electron chi connectivity index (χ0n) is 20.5. The average Bonchev–Trinajstić information content (AvgIpc) is 3.51. The van der Waals surface area contributed by atoms with Crippen LogP contribution in [0, 0.1) is 11.8 Å². The van der Waals surface area contributed by atoms with Crippen LogP contribution >= 0.6 is 0 Å². The second kappa shape index (κ2) is 10.6. The minimum Gasteiger partial charge on any atom is -0.494 e. The van der Waals surface area contributed by atoms with Crippen LogP contribution in [0.1, 0.15) is 39.0 Å². The summed E-state index contributed by atoms with van der Waals surface area (Å²) < 4.78 is 7.22. The number of amides is 1. The third-order valence-corrected chi connectivity index (χ3v) is 7.12. The fourth-order valence-electron chi connectivity index (χ4n) is 5.01. The lowest BCUT2D eigenvalue weighted by molar-refractivity contribution is -0.125. The van der Waals surface area contributed by atoms with E-state index in [1.807, 2.05) is 31.2 Å². The lowest BCUT2D eigenvalue weighted by Crippen LogP contribution is -2.38. The molecule has 1 aliphatic carbocycles. The Hall–Kier alpha value is -3.27. The van der Waals surface area contributed by atoms with Crippen LogP contribution < -0.4 is 15.4 Å². The van der Waals surface area contributed by atoms with Crippen molar-refractivity contribution in [2.45, 2.75) is 45.1 Å². The van der Waals surface area contributed by atoms with Gasteiger partial charge < -0.3 is 20.3 Å². The Morgan fingerprint density at radius 2 is 1.94 bits per heavy atom. The predicted molar refractivity (Wildman–Crippen MR) is 134 cm³/mol. The molecular weight excluding hydrogens is 444 g/mol. The summed E-state index contributed by atoms with van der Waals surface area (Å²) in [5, 5.41) is 15.1. The number of aromatic nitrogens is 5. The quantitative estimate of drug-likeness (QED) is 0.509. The van der Waals surface area contributed by atoms with Crippen LogP contribution in [0.15, 0.2) is 30.5 Å². The van der Waals surface area contributed by atoms with Crippen molar-refractivity contribution in [2.75, 3.05) is 38.6 Å². The van der Waals surface area contributed by atoms with Crippen LogP contribution in [0.25, 0.3) is 16.9 Å². The SMILES string of the molecule is CCOc1ccc(-n2nnc3cnc(NC4CCC(C(=O)NCC5CCN(C)CC5)C4)nc32)cc1. The summed E-state index contributed by atoms with van der Waals surface area (Å²) in [5.74, 6) is 2.16. The van der Waals surface area contributed by atoms with E-state index in [0.717, 1.165) is 63.2 Å². The van der Waals surface area contributed by atoms with Gasteiger partial charge in [-0.25, -0.2) is 4.98 Å². The number of likely N-dealkylation sites (tertiary alicyclic amines) is 1. The summed E-state index contributed by atoms with van der Waals surface area (Å²) in [4.78, 5) is 24.2. The van der Waals surface area contributed by atoms with Crippen molar-refractivity contribution in [3.8, 4) is 11.4 Å². The highest BCUT2D eigenvalue weighted by atomic mass is 16.5. The smallest absolute Gasteiger partial charge is 0.225 e. The molecule has 3 aromatic rings. The van der Waals surface area contributed by atoms with E-state index in [1.54, 1.807) is 10.9 Å². The highest BCUT2D eigenvalue weighted by molar-refractivity contribution is 5.79. The predicted octanol–water partition coefficient (Wildman–Crippen LogP) is 2.65. The summed E-state index contributed by atoms with van der Waals surface area (Å²) in [6.45, 7) is 5.61. The van der Waals surface area contributed by atoms with E-state index in [0.29, 0.717) is 29.6 Å². The topological polar surface area (TPSA) is 110 Å². The van der Waals surface area contributed by atoms with Crippen molar-refractivity contribution in [2.24, 2.45) is 11.8 Å². The maximum absolute atomic E-state index is 12.7. The van der Waals surface area contributed by atoms with Crippen LogP contribution in [0.2, 0.25) is 0 Å². The molecule has 2 atom stereocenters. The molecule has 1 saturated carbocycles. The lowest BCUT2D eigenvalue weighted by atomic mass is 9.96. The fraction of sp³-hybridized carbons (Fsp3) is 0.560. The maximum Gasteiger partial charge on any atom is 0.225 e. The zero-order chi connectivity index (χ0) is 24.2. The second-order valence-electron chi connectivity index (χ2n) is 9.67. The number of hydrogen-bond donors (Lipinski definition) is 2. The number of hydrogen-bond acceptors (Lipinski definition) is 8. The molecule has 0 radical (unpaired) electrons. The van der Waals surface area contributed by atoms with Crippen molar-refractivity contribution >= 4 is 23.0 Å². The number of anilines is 1. The number of benzene rings is 1.